The monoisotopic (exact) mass is 630 g/mol. The predicted molar refractivity (Wildman–Crippen MR) is 179 cm³/mol. The van der Waals surface area contributed by atoms with Crippen LogP contribution < -0.4 is 0 Å². The number of imide groups is 2. The van der Waals surface area contributed by atoms with Crippen LogP contribution in [0, 0.1) is 35.8 Å². The quantitative estimate of drug-likeness (QED) is 0.0805. The van der Waals surface area contributed by atoms with Crippen molar-refractivity contribution in [1.82, 2.24) is 9.80 Å². The maximum Gasteiger partial charge on any atom is 0.262 e. The van der Waals surface area contributed by atoms with Gasteiger partial charge >= 0.3 is 0 Å². The summed E-state index contributed by atoms with van der Waals surface area (Å²) in [6.07, 6.45) is 1.95. The third-order valence-electron chi connectivity index (χ3n) is 10.2. The molecule has 0 N–H and O–H groups in total. The van der Waals surface area contributed by atoms with Crippen molar-refractivity contribution in [2.24, 2.45) is 0 Å². The molecule has 10 heteroatoms. The van der Waals surface area contributed by atoms with E-state index in [0.717, 1.165) is 9.80 Å². The third-order valence-corrected chi connectivity index (χ3v) is 10.2. The van der Waals surface area contributed by atoms with E-state index in [4.69, 9.17) is 13.1 Å². The first-order chi connectivity index (χ1) is 23.2. The summed E-state index contributed by atoms with van der Waals surface area (Å²) in [7, 11) is 0. The van der Waals surface area contributed by atoms with Crippen LogP contribution in [0.4, 0.5) is 11.4 Å². The van der Waals surface area contributed by atoms with E-state index >= 15 is 0 Å². The van der Waals surface area contributed by atoms with Gasteiger partial charge in [-0.05, 0) is 93.0 Å². The first kappa shape index (κ1) is 30.3. The Morgan fingerprint density at radius 3 is 1.17 bits per heavy atom. The second kappa shape index (κ2) is 10.6. The Hall–Kier alpha value is -6.36. The number of amides is 4. The van der Waals surface area contributed by atoms with Gasteiger partial charge in [-0.15, -0.1) is 0 Å². The van der Waals surface area contributed by atoms with Crippen molar-refractivity contribution in [3.8, 4) is 12.1 Å². The van der Waals surface area contributed by atoms with E-state index in [1.165, 1.54) is 0 Å². The van der Waals surface area contributed by atoms with E-state index < -0.39 is 35.7 Å². The number of carbonyl (C=O) groups is 4. The molecule has 0 spiro atoms. The van der Waals surface area contributed by atoms with Crippen molar-refractivity contribution >= 4 is 78.1 Å². The maximum absolute atomic E-state index is 14.2. The average Bonchev–Trinajstić information content (AvgIpc) is 3.10. The van der Waals surface area contributed by atoms with Crippen molar-refractivity contribution in [3.63, 3.8) is 0 Å². The summed E-state index contributed by atoms with van der Waals surface area (Å²) in [5, 5.41) is 23.8. The molecular formula is C38H26N6O4. The minimum atomic E-state index is -0.620. The highest BCUT2D eigenvalue weighted by molar-refractivity contribution is 6.43. The van der Waals surface area contributed by atoms with Crippen LogP contribution in [-0.4, -0.2) is 45.5 Å². The first-order valence-electron chi connectivity index (χ1n) is 15.8. The molecule has 0 radical (unpaired) electrons. The highest BCUT2D eigenvalue weighted by atomic mass is 16.2. The summed E-state index contributed by atoms with van der Waals surface area (Å²) >= 11 is 0. The SMILES string of the molecule is [C-]#[N+]c1cc2c3cc([N+]#[C-])c4c5c(c(C#N)cc(c6cc(C#N)c7c(c1C(=O)N(C(CC)CC)C7=O)c62)c53)C(=O)N(C(CC)CC)C4=O. The fourth-order valence-electron chi connectivity index (χ4n) is 7.96. The third kappa shape index (κ3) is 3.52. The number of carbonyl (C=O) groups excluding carboxylic acids is 4. The molecule has 0 unspecified atom stereocenters. The van der Waals surface area contributed by atoms with Crippen molar-refractivity contribution < 1.29 is 19.2 Å². The Labute approximate surface area is 275 Å². The van der Waals surface area contributed by atoms with Gasteiger partial charge in [-0.1, -0.05) is 27.7 Å². The molecule has 4 amide bonds. The largest absolute Gasteiger partial charge is 0.272 e. The van der Waals surface area contributed by atoms with E-state index in [1.807, 2.05) is 27.7 Å². The standard InChI is InChI=1S/C38H26N6O4/c1-7-19(8-2)43-35(45)27-17(15-39)11-21-22-12-18(16-40)28-34-30(22)24(23-13-25(41-5)31(37(43)47)33(27)29(21)23)14-26(42-6)32(34)38(48)44(36(28)46)20(9-3)10-4/h11-14,19-20H,7-10H2,1-4H3. The molecule has 0 aromatic heterocycles. The zero-order valence-electron chi connectivity index (χ0n) is 26.6. The smallest absolute Gasteiger partial charge is 0.262 e. The van der Waals surface area contributed by atoms with Crippen LogP contribution in [0.5, 0.6) is 0 Å². The number of fused-ring (bicyclic) bond motifs is 2. The van der Waals surface area contributed by atoms with Gasteiger partial charge in [0.1, 0.15) is 12.1 Å². The van der Waals surface area contributed by atoms with Gasteiger partial charge in [0.05, 0.1) is 46.5 Å². The molecule has 5 aromatic rings. The Morgan fingerprint density at radius 1 is 0.562 bits per heavy atom. The molecule has 232 valence electrons. The number of hydrogen-bond donors (Lipinski definition) is 0. The van der Waals surface area contributed by atoms with Gasteiger partial charge in [-0.3, -0.25) is 29.0 Å². The van der Waals surface area contributed by atoms with E-state index in [1.54, 1.807) is 24.3 Å². The molecule has 7 rings (SSSR count). The van der Waals surface area contributed by atoms with Crippen LogP contribution in [0.2, 0.25) is 0 Å². The summed E-state index contributed by atoms with van der Waals surface area (Å²) < 4.78 is 0. The number of benzene rings is 5. The van der Waals surface area contributed by atoms with Gasteiger partial charge < -0.3 is 0 Å². The molecule has 0 bridgehead atoms. The molecule has 2 aliphatic heterocycles. The highest BCUT2D eigenvalue weighted by Gasteiger charge is 2.43. The minimum absolute atomic E-state index is 0.00312. The van der Waals surface area contributed by atoms with Crippen molar-refractivity contribution in [2.45, 2.75) is 65.5 Å². The van der Waals surface area contributed by atoms with E-state index in [2.05, 4.69) is 21.8 Å². The summed E-state index contributed by atoms with van der Waals surface area (Å²) in [6.45, 7) is 23.7. The maximum atomic E-state index is 14.2. The lowest BCUT2D eigenvalue weighted by Crippen LogP contribution is -2.47. The first-order valence-corrected chi connectivity index (χ1v) is 15.8. The van der Waals surface area contributed by atoms with Gasteiger partial charge in [-0.25, -0.2) is 9.69 Å². The molecule has 0 saturated heterocycles. The molecule has 5 aromatic carbocycles. The zero-order valence-corrected chi connectivity index (χ0v) is 26.6. The van der Waals surface area contributed by atoms with Gasteiger partial charge in [0.25, 0.3) is 23.6 Å². The van der Waals surface area contributed by atoms with Crippen molar-refractivity contribution in [2.75, 3.05) is 0 Å². The van der Waals surface area contributed by atoms with Crippen LogP contribution in [0.3, 0.4) is 0 Å². The molecule has 0 atom stereocenters. The van der Waals surface area contributed by atoms with Gasteiger partial charge in [-0.2, -0.15) is 10.5 Å². The topological polar surface area (TPSA) is 131 Å². The van der Waals surface area contributed by atoms with Crippen LogP contribution in [0.25, 0.3) is 52.8 Å². The van der Waals surface area contributed by atoms with Gasteiger partial charge in [0.2, 0.25) is 11.4 Å². The number of hydrogen-bond acceptors (Lipinski definition) is 6. The molecule has 2 aliphatic rings. The second-order valence-electron chi connectivity index (χ2n) is 12.2. The minimum Gasteiger partial charge on any atom is -0.272 e. The number of nitrogens with zero attached hydrogens (tertiary/aromatic N) is 6. The van der Waals surface area contributed by atoms with Gasteiger partial charge in [0.15, 0.2) is 0 Å². The van der Waals surface area contributed by atoms with E-state index in [0.29, 0.717) is 58.0 Å². The summed E-state index contributed by atoms with van der Waals surface area (Å²) in [4.78, 5) is 66.5. The molecule has 48 heavy (non-hydrogen) atoms. The van der Waals surface area contributed by atoms with Crippen LogP contribution >= 0.6 is 0 Å². The fraction of sp³-hybridized carbons (Fsp3) is 0.263. The summed E-state index contributed by atoms with van der Waals surface area (Å²) in [5.74, 6) is -2.47. The molecule has 2 heterocycles. The van der Waals surface area contributed by atoms with Crippen molar-refractivity contribution in [3.05, 3.63) is 80.5 Å². The molecular weight excluding hydrogens is 604 g/mol. The molecule has 10 nitrogen and oxygen atoms in total. The average molecular weight is 631 g/mol. The lowest BCUT2D eigenvalue weighted by Gasteiger charge is -2.35. The normalized spacial score (nSPS) is 14.1. The summed E-state index contributed by atoms with van der Waals surface area (Å²) in [6, 6.07) is 9.58. The Kier molecular flexibility index (Phi) is 6.69. The van der Waals surface area contributed by atoms with Crippen LogP contribution in [-0.2, 0) is 0 Å². The predicted octanol–water partition coefficient (Wildman–Crippen LogP) is 8.15. The lowest BCUT2D eigenvalue weighted by molar-refractivity contribution is 0.0515. The van der Waals surface area contributed by atoms with Crippen molar-refractivity contribution in [1.29, 1.82) is 10.5 Å². The van der Waals surface area contributed by atoms with E-state index in [9.17, 15) is 29.7 Å². The second-order valence-corrected chi connectivity index (χ2v) is 12.2. The Bertz CT molecular complexity index is 2210. The zero-order chi connectivity index (χ0) is 34.3. The molecule has 0 saturated carbocycles. The van der Waals surface area contributed by atoms with Crippen LogP contribution in [0.15, 0.2) is 24.3 Å². The number of nitriles is 2. The van der Waals surface area contributed by atoms with E-state index in [-0.39, 0.29) is 55.5 Å². The van der Waals surface area contributed by atoms with Gasteiger partial charge in [0, 0.05) is 12.1 Å². The number of rotatable bonds is 6. The Balaban J connectivity index is 1.76. The molecule has 0 aliphatic carbocycles. The lowest BCUT2D eigenvalue weighted by atomic mass is 9.78. The molecule has 0 fully saturated rings. The van der Waals surface area contributed by atoms with Crippen LogP contribution in [0.1, 0.15) is 106 Å². The fourth-order valence-corrected chi connectivity index (χ4v) is 7.96. The summed E-state index contributed by atoms with van der Waals surface area (Å²) in [5.41, 5.74) is 0.0431. The Morgan fingerprint density at radius 2 is 0.875 bits per heavy atom. The highest BCUT2D eigenvalue weighted by Crippen LogP contribution is 2.52.